The second-order valence-corrected chi connectivity index (χ2v) is 8.34. The topological polar surface area (TPSA) is 63.1 Å². The maximum absolute atomic E-state index is 12.8. The molecule has 6 nitrogen and oxygen atoms in total. The Bertz CT molecular complexity index is 874. The third-order valence-electron chi connectivity index (χ3n) is 6.56. The van der Waals surface area contributed by atoms with Crippen molar-refractivity contribution in [2.24, 2.45) is 11.8 Å². The zero-order valence-electron chi connectivity index (χ0n) is 16.1. The molecule has 4 heterocycles. The number of fused-ring (bicyclic) bond motifs is 3. The van der Waals surface area contributed by atoms with E-state index in [1.165, 1.54) is 12.0 Å². The molecule has 28 heavy (non-hydrogen) atoms. The summed E-state index contributed by atoms with van der Waals surface area (Å²) in [7, 11) is 0. The van der Waals surface area contributed by atoms with E-state index >= 15 is 0 Å². The molecule has 4 unspecified atom stereocenters. The molecule has 4 atom stereocenters. The molecule has 146 valence electrons. The van der Waals surface area contributed by atoms with Gasteiger partial charge in [-0.3, -0.25) is 14.4 Å². The summed E-state index contributed by atoms with van der Waals surface area (Å²) in [6, 6.07) is 10.2. The van der Waals surface area contributed by atoms with Gasteiger partial charge in [0.2, 0.25) is 5.91 Å². The number of rotatable bonds is 5. The minimum Gasteiger partial charge on any atom is -0.326 e. The molecule has 1 aromatic carbocycles. The van der Waals surface area contributed by atoms with Crippen molar-refractivity contribution in [3.8, 4) is 0 Å². The molecule has 3 aliphatic heterocycles. The molecule has 1 aromatic heterocycles. The van der Waals surface area contributed by atoms with Crippen molar-refractivity contribution in [2.45, 2.75) is 44.7 Å². The van der Waals surface area contributed by atoms with Crippen molar-refractivity contribution < 1.29 is 4.79 Å². The number of carbonyl (C=O) groups excluding carboxylic acids is 1. The van der Waals surface area contributed by atoms with Gasteiger partial charge < -0.3 is 5.32 Å². The molecular formula is C22H27N5O. The van der Waals surface area contributed by atoms with Gasteiger partial charge in [-0.25, -0.2) is 0 Å². The van der Waals surface area contributed by atoms with Crippen LogP contribution in [0.3, 0.4) is 0 Å². The van der Waals surface area contributed by atoms with E-state index in [0.717, 1.165) is 56.7 Å². The average molecular weight is 377 g/mol. The highest BCUT2D eigenvalue weighted by atomic mass is 16.2. The van der Waals surface area contributed by atoms with Crippen molar-refractivity contribution in [1.82, 2.24) is 19.9 Å². The molecule has 0 radical (unpaired) electrons. The lowest BCUT2D eigenvalue weighted by Crippen LogP contribution is -2.57. The molecule has 0 saturated carbocycles. The van der Waals surface area contributed by atoms with Crippen molar-refractivity contribution in [2.75, 3.05) is 18.4 Å². The SMILES string of the molecule is O=C(Nc1ccccc1)C1CN2CCC1CC2Cn1cc(C2=CCCC2)nn1. The summed E-state index contributed by atoms with van der Waals surface area (Å²) in [5, 5.41) is 11.8. The summed E-state index contributed by atoms with van der Waals surface area (Å²) in [5.41, 5.74) is 3.26. The molecule has 1 N–H and O–H groups in total. The first-order valence-electron chi connectivity index (χ1n) is 10.5. The van der Waals surface area contributed by atoms with Crippen LogP contribution in [0.4, 0.5) is 5.69 Å². The molecule has 1 aliphatic carbocycles. The number of carbonyl (C=O) groups is 1. The van der Waals surface area contributed by atoms with Gasteiger partial charge in [0.1, 0.15) is 5.69 Å². The standard InChI is InChI=1S/C22H27N5O/c28-22(23-18-8-2-1-3-9-18)20-14-26-11-10-17(20)12-19(26)13-27-15-21(24-25-27)16-6-4-5-7-16/h1-3,6,8-9,15,17,19-20H,4-5,7,10-14H2,(H,23,28). The molecule has 3 saturated heterocycles. The molecule has 2 bridgehead atoms. The van der Waals surface area contributed by atoms with Crippen molar-refractivity contribution in [3.05, 3.63) is 48.3 Å². The van der Waals surface area contributed by atoms with Crippen LogP contribution >= 0.6 is 0 Å². The summed E-state index contributed by atoms with van der Waals surface area (Å²) in [6.07, 6.45) is 10.1. The first-order chi connectivity index (χ1) is 13.8. The van der Waals surface area contributed by atoms with Gasteiger partial charge in [0, 0.05) is 18.3 Å². The van der Waals surface area contributed by atoms with Gasteiger partial charge in [-0.15, -0.1) is 5.10 Å². The van der Waals surface area contributed by atoms with Gasteiger partial charge in [0.25, 0.3) is 0 Å². The van der Waals surface area contributed by atoms with E-state index < -0.39 is 0 Å². The van der Waals surface area contributed by atoms with Crippen LogP contribution in [0.25, 0.3) is 5.57 Å². The number of anilines is 1. The number of piperidine rings is 3. The van der Waals surface area contributed by atoms with Crippen LogP contribution in [-0.2, 0) is 11.3 Å². The minimum absolute atomic E-state index is 0.0835. The Kier molecular flexibility index (Phi) is 4.72. The number of aromatic nitrogens is 3. The van der Waals surface area contributed by atoms with E-state index in [4.69, 9.17) is 0 Å². The maximum Gasteiger partial charge on any atom is 0.229 e. The first-order valence-corrected chi connectivity index (χ1v) is 10.5. The average Bonchev–Trinajstić information content (AvgIpc) is 3.41. The Morgan fingerprint density at radius 3 is 2.89 bits per heavy atom. The fourth-order valence-corrected chi connectivity index (χ4v) is 5.04. The van der Waals surface area contributed by atoms with Gasteiger partial charge in [-0.2, -0.15) is 0 Å². The largest absolute Gasteiger partial charge is 0.326 e. The lowest BCUT2D eigenvalue weighted by Gasteiger charge is -2.49. The molecule has 0 spiro atoms. The van der Waals surface area contributed by atoms with Crippen LogP contribution in [0.1, 0.15) is 37.8 Å². The smallest absolute Gasteiger partial charge is 0.229 e. The highest BCUT2D eigenvalue weighted by Gasteiger charge is 2.43. The van der Waals surface area contributed by atoms with Gasteiger partial charge in [-0.05, 0) is 62.3 Å². The van der Waals surface area contributed by atoms with Crippen LogP contribution in [0.2, 0.25) is 0 Å². The number of allylic oxidation sites excluding steroid dienone is 2. The van der Waals surface area contributed by atoms with Gasteiger partial charge in [0.15, 0.2) is 0 Å². The lowest BCUT2D eigenvalue weighted by molar-refractivity contribution is -0.127. The predicted molar refractivity (Wildman–Crippen MR) is 108 cm³/mol. The number of benzene rings is 1. The van der Waals surface area contributed by atoms with Crippen molar-refractivity contribution in [3.63, 3.8) is 0 Å². The highest BCUT2D eigenvalue weighted by molar-refractivity contribution is 5.93. The molecule has 3 fully saturated rings. The van der Waals surface area contributed by atoms with Gasteiger partial charge >= 0.3 is 0 Å². The molecular weight excluding hydrogens is 350 g/mol. The second kappa shape index (κ2) is 7.51. The van der Waals surface area contributed by atoms with Gasteiger partial charge in [-0.1, -0.05) is 29.5 Å². The Morgan fingerprint density at radius 2 is 2.14 bits per heavy atom. The number of nitrogens with zero attached hydrogens (tertiary/aromatic N) is 4. The quantitative estimate of drug-likeness (QED) is 0.869. The van der Waals surface area contributed by atoms with Crippen LogP contribution in [0.15, 0.2) is 42.6 Å². The molecule has 2 aromatic rings. The third kappa shape index (κ3) is 3.49. The maximum atomic E-state index is 12.8. The summed E-state index contributed by atoms with van der Waals surface area (Å²) in [5.74, 6) is 0.704. The first kappa shape index (κ1) is 17.6. The number of hydrogen-bond acceptors (Lipinski definition) is 4. The number of hydrogen-bond donors (Lipinski definition) is 1. The number of para-hydroxylation sites is 1. The highest BCUT2D eigenvalue weighted by Crippen LogP contribution is 2.37. The van der Waals surface area contributed by atoms with Crippen LogP contribution in [0.5, 0.6) is 0 Å². The van der Waals surface area contributed by atoms with Gasteiger partial charge in [0.05, 0.1) is 18.7 Å². The van der Waals surface area contributed by atoms with Crippen LogP contribution < -0.4 is 5.32 Å². The van der Waals surface area contributed by atoms with E-state index in [1.54, 1.807) is 0 Å². The Hall–Kier alpha value is -2.47. The fourth-order valence-electron chi connectivity index (χ4n) is 5.04. The Morgan fingerprint density at radius 1 is 1.25 bits per heavy atom. The van der Waals surface area contributed by atoms with Crippen LogP contribution in [-0.4, -0.2) is 44.9 Å². The Labute approximate surface area is 165 Å². The predicted octanol–water partition coefficient (Wildman–Crippen LogP) is 3.19. The lowest BCUT2D eigenvalue weighted by atomic mass is 9.75. The van der Waals surface area contributed by atoms with Crippen molar-refractivity contribution >= 4 is 17.2 Å². The molecule has 1 amide bonds. The summed E-state index contributed by atoms with van der Waals surface area (Å²) in [4.78, 5) is 15.3. The summed E-state index contributed by atoms with van der Waals surface area (Å²) < 4.78 is 2.00. The zero-order chi connectivity index (χ0) is 18.9. The van der Waals surface area contributed by atoms with E-state index in [9.17, 15) is 4.79 Å². The van der Waals surface area contributed by atoms with E-state index in [2.05, 4.69) is 32.8 Å². The van der Waals surface area contributed by atoms with E-state index in [-0.39, 0.29) is 11.8 Å². The monoisotopic (exact) mass is 377 g/mol. The fraction of sp³-hybridized carbons (Fsp3) is 0.500. The Balaban J connectivity index is 1.21. The zero-order valence-corrected chi connectivity index (χ0v) is 16.1. The van der Waals surface area contributed by atoms with Crippen molar-refractivity contribution in [1.29, 1.82) is 0 Å². The summed E-state index contributed by atoms with van der Waals surface area (Å²) >= 11 is 0. The number of amides is 1. The minimum atomic E-state index is 0.0835. The molecule has 4 aliphatic rings. The normalized spacial score (nSPS) is 28.9. The second-order valence-electron chi connectivity index (χ2n) is 8.34. The third-order valence-corrected chi connectivity index (χ3v) is 6.56. The summed E-state index contributed by atoms with van der Waals surface area (Å²) in [6.45, 7) is 2.79. The number of nitrogens with one attached hydrogen (secondary N) is 1. The van der Waals surface area contributed by atoms with E-state index in [1.807, 2.05) is 35.0 Å². The van der Waals surface area contributed by atoms with E-state index in [0.29, 0.717) is 12.0 Å². The molecule has 6 heteroatoms. The molecule has 6 rings (SSSR count). The van der Waals surface area contributed by atoms with Crippen LogP contribution in [0, 0.1) is 11.8 Å².